The first-order valence-corrected chi connectivity index (χ1v) is 6.63. The number of amides is 1. The number of nitrogens with two attached hydrogens (primary N) is 2. The Morgan fingerprint density at radius 1 is 1.55 bits per heavy atom. The van der Waals surface area contributed by atoms with Crippen molar-refractivity contribution in [2.24, 2.45) is 5.73 Å². The van der Waals surface area contributed by atoms with Crippen molar-refractivity contribution in [1.82, 2.24) is 10.1 Å². The van der Waals surface area contributed by atoms with Crippen LogP contribution in [0.15, 0.2) is 4.52 Å². The van der Waals surface area contributed by atoms with Crippen LogP contribution >= 0.6 is 11.3 Å². The van der Waals surface area contributed by atoms with E-state index in [1.165, 1.54) is 7.11 Å². The number of nitrogens with zero attached hydrogens (tertiary/aromatic N) is 2. The Morgan fingerprint density at radius 2 is 2.30 bits per heavy atom. The number of methoxy groups -OCH3 is 1. The Kier molecular flexibility index (Phi) is 4.08. The summed E-state index contributed by atoms with van der Waals surface area (Å²) in [6.07, 6.45) is 0.549. The lowest BCUT2D eigenvalue weighted by molar-refractivity contribution is 0.100. The molecule has 9 heteroatoms. The maximum atomic E-state index is 11.2. The van der Waals surface area contributed by atoms with Crippen LogP contribution in [0.25, 0.3) is 0 Å². The van der Waals surface area contributed by atoms with Crippen molar-refractivity contribution < 1.29 is 14.1 Å². The van der Waals surface area contributed by atoms with E-state index < -0.39 is 5.91 Å². The van der Waals surface area contributed by atoms with Crippen molar-refractivity contribution in [3.05, 3.63) is 16.6 Å². The third-order valence-corrected chi connectivity index (χ3v) is 3.68. The van der Waals surface area contributed by atoms with Crippen molar-refractivity contribution in [2.75, 3.05) is 24.7 Å². The molecule has 0 fully saturated rings. The summed E-state index contributed by atoms with van der Waals surface area (Å²) in [5.41, 5.74) is 11.3. The molecule has 2 rings (SSSR count). The smallest absolute Gasteiger partial charge is 0.261 e. The Morgan fingerprint density at radius 3 is 2.85 bits per heavy atom. The molecule has 0 aliphatic rings. The van der Waals surface area contributed by atoms with Crippen molar-refractivity contribution in [2.45, 2.75) is 13.3 Å². The van der Waals surface area contributed by atoms with Crippen LogP contribution in [-0.2, 0) is 6.42 Å². The zero-order chi connectivity index (χ0) is 14.7. The lowest BCUT2D eigenvalue weighted by atomic mass is 10.3. The van der Waals surface area contributed by atoms with E-state index in [-0.39, 0.29) is 10.6 Å². The maximum absolute atomic E-state index is 11.2. The Balaban J connectivity index is 2.05. The lowest BCUT2D eigenvalue weighted by Crippen LogP contribution is -2.10. The third kappa shape index (κ3) is 2.82. The number of aromatic nitrogens is 2. The molecule has 5 N–H and O–H groups in total. The molecule has 108 valence electrons. The van der Waals surface area contributed by atoms with Gasteiger partial charge in [0, 0.05) is 13.0 Å². The average molecular weight is 297 g/mol. The van der Waals surface area contributed by atoms with Gasteiger partial charge in [-0.2, -0.15) is 4.98 Å². The highest BCUT2D eigenvalue weighted by Gasteiger charge is 2.20. The molecule has 2 heterocycles. The SMILES string of the molecule is COc1c(NCCc2nc(C)no2)sc(C(N)=O)c1N. The van der Waals surface area contributed by atoms with Gasteiger partial charge in [0.15, 0.2) is 11.6 Å². The molecular weight excluding hydrogens is 282 g/mol. The molecule has 20 heavy (non-hydrogen) atoms. The molecular formula is C11H15N5O3S. The lowest BCUT2D eigenvalue weighted by Gasteiger charge is -2.05. The van der Waals surface area contributed by atoms with Gasteiger partial charge in [-0.05, 0) is 6.92 Å². The van der Waals surface area contributed by atoms with Gasteiger partial charge in [-0.1, -0.05) is 5.16 Å². The first-order chi connectivity index (χ1) is 9.52. The van der Waals surface area contributed by atoms with Gasteiger partial charge in [-0.25, -0.2) is 0 Å². The second-order valence-electron chi connectivity index (χ2n) is 3.98. The van der Waals surface area contributed by atoms with Gasteiger partial charge >= 0.3 is 0 Å². The maximum Gasteiger partial charge on any atom is 0.261 e. The van der Waals surface area contributed by atoms with E-state index in [0.717, 1.165) is 11.3 Å². The van der Waals surface area contributed by atoms with Crippen LogP contribution in [-0.4, -0.2) is 29.7 Å². The predicted molar refractivity (Wildman–Crippen MR) is 75.0 cm³/mol. The molecule has 0 aromatic carbocycles. The molecule has 0 unspecified atom stereocenters. The van der Waals surface area contributed by atoms with Crippen LogP contribution in [0.3, 0.4) is 0 Å². The van der Waals surface area contributed by atoms with E-state index in [0.29, 0.717) is 35.4 Å². The molecule has 0 spiro atoms. The number of thiophene rings is 1. The summed E-state index contributed by atoms with van der Waals surface area (Å²) in [6.45, 7) is 2.29. The highest BCUT2D eigenvalue weighted by molar-refractivity contribution is 7.19. The fourth-order valence-electron chi connectivity index (χ4n) is 1.66. The summed E-state index contributed by atoms with van der Waals surface area (Å²) in [6, 6.07) is 0. The standard InChI is InChI=1S/C11H15N5O3S/c1-5-15-6(19-16-5)3-4-14-11-8(18-2)7(12)9(20-11)10(13)17/h14H,3-4,12H2,1-2H3,(H2,13,17). The number of hydrogen-bond acceptors (Lipinski definition) is 8. The van der Waals surface area contributed by atoms with E-state index >= 15 is 0 Å². The monoisotopic (exact) mass is 297 g/mol. The second-order valence-corrected chi connectivity index (χ2v) is 5.00. The molecule has 0 radical (unpaired) electrons. The summed E-state index contributed by atoms with van der Waals surface area (Å²) in [5.74, 6) is 0.972. The van der Waals surface area contributed by atoms with Crippen molar-refractivity contribution >= 4 is 27.9 Å². The van der Waals surface area contributed by atoms with Gasteiger partial charge in [0.2, 0.25) is 5.89 Å². The van der Waals surface area contributed by atoms with Crippen LogP contribution < -0.4 is 21.5 Å². The van der Waals surface area contributed by atoms with Crippen molar-refractivity contribution in [3.8, 4) is 5.75 Å². The number of aryl methyl sites for hydroxylation is 1. The van der Waals surface area contributed by atoms with E-state index in [9.17, 15) is 4.79 Å². The molecule has 0 saturated carbocycles. The normalized spacial score (nSPS) is 10.5. The molecule has 2 aromatic heterocycles. The molecule has 0 bridgehead atoms. The predicted octanol–water partition coefficient (Wildman–Crippen LogP) is 0.784. The molecule has 0 aliphatic heterocycles. The van der Waals surface area contributed by atoms with Gasteiger partial charge in [-0.15, -0.1) is 11.3 Å². The van der Waals surface area contributed by atoms with Crippen LogP contribution in [0.4, 0.5) is 10.7 Å². The third-order valence-electron chi connectivity index (χ3n) is 2.52. The van der Waals surface area contributed by atoms with Crippen molar-refractivity contribution in [1.29, 1.82) is 0 Å². The number of ether oxygens (including phenoxy) is 1. The van der Waals surface area contributed by atoms with Crippen molar-refractivity contribution in [3.63, 3.8) is 0 Å². The molecule has 1 amide bonds. The zero-order valence-electron chi connectivity index (χ0n) is 11.1. The van der Waals surface area contributed by atoms with Gasteiger partial charge in [-0.3, -0.25) is 4.79 Å². The largest absolute Gasteiger partial charge is 0.492 e. The summed E-state index contributed by atoms with van der Waals surface area (Å²) in [4.78, 5) is 15.6. The quantitative estimate of drug-likeness (QED) is 0.718. The van der Waals surface area contributed by atoms with Gasteiger partial charge in [0.1, 0.15) is 15.6 Å². The Bertz CT molecular complexity index is 622. The molecule has 0 aliphatic carbocycles. The van der Waals surface area contributed by atoms with E-state index in [4.69, 9.17) is 20.7 Å². The summed E-state index contributed by atoms with van der Waals surface area (Å²) < 4.78 is 10.2. The van der Waals surface area contributed by atoms with Crippen LogP contribution in [0.1, 0.15) is 21.4 Å². The number of nitrogen functional groups attached to an aromatic ring is 1. The minimum Gasteiger partial charge on any atom is -0.492 e. The number of hydrogen-bond donors (Lipinski definition) is 3. The van der Waals surface area contributed by atoms with E-state index in [1.54, 1.807) is 6.92 Å². The molecule has 0 atom stereocenters. The van der Waals surface area contributed by atoms with Crippen LogP contribution in [0.2, 0.25) is 0 Å². The molecule has 8 nitrogen and oxygen atoms in total. The number of anilines is 2. The molecule has 0 saturated heterocycles. The summed E-state index contributed by atoms with van der Waals surface area (Å²) >= 11 is 1.16. The highest BCUT2D eigenvalue weighted by Crippen LogP contribution is 2.42. The number of carbonyl (C=O) groups excluding carboxylic acids is 1. The average Bonchev–Trinajstić information content (AvgIpc) is 2.94. The second kappa shape index (κ2) is 5.78. The highest BCUT2D eigenvalue weighted by atomic mass is 32.1. The first kappa shape index (κ1) is 14.1. The fraction of sp³-hybridized carbons (Fsp3) is 0.364. The van der Waals surface area contributed by atoms with Gasteiger partial charge < -0.3 is 26.0 Å². The Hall–Kier alpha value is -2.29. The minimum absolute atomic E-state index is 0.251. The first-order valence-electron chi connectivity index (χ1n) is 5.82. The number of nitrogens with one attached hydrogen (secondary N) is 1. The van der Waals surface area contributed by atoms with Crippen LogP contribution in [0, 0.1) is 6.92 Å². The molecule has 2 aromatic rings. The van der Waals surface area contributed by atoms with E-state index in [1.807, 2.05) is 0 Å². The number of carbonyl (C=O) groups is 1. The van der Waals surface area contributed by atoms with Gasteiger partial charge in [0.25, 0.3) is 5.91 Å². The van der Waals surface area contributed by atoms with E-state index in [2.05, 4.69) is 15.5 Å². The summed E-state index contributed by atoms with van der Waals surface area (Å²) in [5, 5.41) is 7.46. The Labute approximate surface area is 119 Å². The topological polar surface area (TPSA) is 129 Å². The summed E-state index contributed by atoms with van der Waals surface area (Å²) in [7, 11) is 1.48. The van der Waals surface area contributed by atoms with Crippen LogP contribution in [0.5, 0.6) is 5.75 Å². The number of rotatable bonds is 6. The zero-order valence-corrected chi connectivity index (χ0v) is 11.9. The minimum atomic E-state index is -0.577. The van der Waals surface area contributed by atoms with Gasteiger partial charge in [0.05, 0.1) is 7.11 Å². The fourth-order valence-corrected chi connectivity index (χ4v) is 2.62. The number of primary amides is 1.